The van der Waals surface area contributed by atoms with Crippen LogP contribution in [0.15, 0.2) is 72.4 Å². The molecule has 0 saturated heterocycles. The van der Waals surface area contributed by atoms with Crippen molar-refractivity contribution in [1.82, 2.24) is 19.4 Å². The first-order chi connectivity index (χ1) is 16.1. The highest BCUT2D eigenvalue weighted by Gasteiger charge is 2.09. The Morgan fingerprint density at radius 1 is 1.12 bits per heavy atom. The third-order valence-corrected chi connectivity index (χ3v) is 4.61. The van der Waals surface area contributed by atoms with Crippen LogP contribution in [0.1, 0.15) is 31.4 Å². The van der Waals surface area contributed by atoms with E-state index in [-0.39, 0.29) is 5.82 Å². The van der Waals surface area contributed by atoms with Gasteiger partial charge >= 0.3 is 0 Å². The SMILES string of the molecule is CCC.CN=C/C(=C\N)c1ccc(CNc2cc(-c3cnc4cc(F)ccn34)ncn2)cc1. The van der Waals surface area contributed by atoms with E-state index in [1.165, 1.54) is 31.1 Å². The standard InChI is InChI=1S/C22H20FN7.C3H8/c1-25-12-17(10-24)16-4-2-15(3-5-16)11-26-21-9-19(28-14-29-21)20-13-27-22-8-18(23)6-7-30(20)22;1-3-2/h2-10,12-14H,11,24H2,1H3,(H,26,28,29);3H2,1-2H3/b17-10+,25-12?;. The average molecular weight is 446 g/mol. The van der Waals surface area contributed by atoms with Crippen LogP contribution in [0.25, 0.3) is 22.6 Å². The summed E-state index contributed by atoms with van der Waals surface area (Å²) in [5.74, 6) is 0.355. The molecular weight excluding hydrogens is 417 g/mol. The molecule has 7 nitrogen and oxygen atoms in total. The van der Waals surface area contributed by atoms with Crippen LogP contribution in [-0.2, 0) is 6.54 Å². The summed E-state index contributed by atoms with van der Waals surface area (Å²) in [6, 6.07) is 12.7. The number of aliphatic imine (C=N–C) groups is 1. The summed E-state index contributed by atoms with van der Waals surface area (Å²) in [6.45, 7) is 4.85. The predicted molar refractivity (Wildman–Crippen MR) is 132 cm³/mol. The molecule has 0 bridgehead atoms. The van der Waals surface area contributed by atoms with Gasteiger partial charge in [0, 0.05) is 49.9 Å². The lowest BCUT2D eigenvalue weighted by molar-refractivity contribution is 0.626. The van der Waals surface area contributed by atoms with Crippen LogP contribution in [0.3, 0.4) is 0 Å². The van der Waals surface area contributed by atoms with Crippen molar-refractivity contribution >= 4 is 23.3 Å². The second-order valence-electron chi connectivity index (χ2n) is 7.27. The minimum Gasteiger partial charge on any atom is -0.404 e. The number of aromatic nitrogens is 4. The van der Waals surface area contributed by atoms with Crippen molar-refractivity contribution in [2.75, 3.05) is 12.4 Å². The highest BCUT2D eigenvalue weighted by atomic mass is 19.1. The second-order valence-corrected chi connectivity index (χ2v) is 7.27. The topological polar surface area (TPSA) is 93.5 Å². The number of benzene rings is 1. The van der Waals surface area contributed by atoms with Crippen LogP contribution in [0.5, 0.6) is 0 Å². The van der Waals surface area contributed by atoms with Gasteiger partial charge < -0.3 is 11.1 Å². The average Bonchev–Trinajstić information content (AvgIpc) is 3.25. The van der Waals surface area contributed by atoms with Gasteiger partial charge in [-0.05, 0) is 17.2 Å². The Hall–Kier alpha value is -4.07. The molecule has 0 aliphatic rings. The molecule has 3 heterocycles. The lowest BCUT2D eigenvalue weighted by Gasteiger charge is -2.08. The summed E-state index contributed by atoms with van der Waals surface area (Å²) in [6.07, 6.45) is 9.31. The van der Waals surface area contributed by atoms with E-state index >= 15 is 0 Å². The predicted octanol–water partition coefficient (Wildman–Crippen LogP) is 4.96. The molecule has 0 amide bonds. The number of nitrogens with two attached hydrogens (primary N) is 1. The molecule has 0 saturated carbocycles. The van der Waals surface area contributed by atoms with Gasteiger partial charge in [0.15, 0.2) is 0 Å². The van der Waals surface area contributed by atoms with Gasteiger partial charge in [-0.25, -0.2) is 19.3 Å². The fourth-order valence-electron chi connectivity index (χ4n) is 3.10. The number of hydrogen-bond donors (Lipinski definition) is 2. The first kappa shape index (κ1) is 23.6. The maximum absolute atomic E-state index is 13.4. The van der Waals surface area contributed by atoms with Gasteiger partial charge in [0.05, 0.1) is 17.6 Å². The largest absolute Gasteiger partial charge is 0.404 e. The molecule has 33 heavy (non-hydrogen) atoms. The third kappa shape index (κ3) is 6.00. The van der Waals surface area contributed by atoms with Gasteiger partial charge in [0.1, 0.15) is 23.6 Å². The first-order valence-corrected chi connectivity index (χ1v) is 10.7. The number of anilines is 1. The number of imidazole rings is 1. The Kier molecular flexibility index (Phi) is 8.24. The number of pyridine rings is 1. The molecule has 0 aliphatic heterocycles. The third-order valence-electron chi connectivity index (χ3n) is 4.61. The summed E-state index contributed by atoms with van der Waals surface area (Å²) in [4.78, 5) is 16.9. The molecule has 170 valence electrons. The quantitative estimate of drug-likeness (QED) is 0.409. The summed E-state index contributed by atoms with van der Waals surface area (Å²) >= 11 is 0. The van der Waals surface area contributed by atoms with E-state index in [0.29, 0.717) is 23.7 Å². The number of fused-ring (bicyclic) bond motifs is 1. The molecule has 0 atom stereocenters. The molecule has 3 aromatic heterocycles. The lowest BCUT2D eigenvalue weighted by Crippen LogP contribution is -2.03. The molecule has 4 aromatic rings. The number of rotatable bonds is 6. The molecule has 0 aliphatic carbocycles. The summed E-state index contributed by atoms with van der Waals surface area (Å²) in [5, 5.41) is 3.30. The molecule has 4 rings (SSSR count). The minimum atomic E-state index is -0.327. The van der Waals surface area contributed by atoms with Crippen molar-refractivity contribution < 1.29 is 4.39 Å². The van der Waals surface area contributed by atoms with Gasteiger partial charge in [0.25, 0.3) is 0 Å². The minimum absolute atomic E-state index is 0.327. The number of nitrogens with zero attached hydrogens (tertiary/aromatic N) is 5. The molecule has 0 unspecified atom stereocenters. The molecule has 0 radical (unpaired) electrons. The van der Waals surface area contributed by atoms with E-state index < -0.39 is 0 Å². The zero-order valence-corrected chi connectivity index (χ0v) is 19.0. The zero-order chi connectivity index (χ0) is 23.6. The van der Waals surface area contributed by atoms with Crippen LogP contribution in [-0.4, -0.2) is 32.6 Å². The fraction of sp³-hybridized carbons (Fsp3) is 0.200. The first-order valence-electron chi connectivity index (χ1n) is 10.7. The van der Waals surface area contributed by atoms with E-state index in [1.807, 2.05) is 30.3 Å². The van der Waals surface area contributed by atoms with Gasteiger partial charge in [0.2, 0.25) is 0 Å². The smallest absolute Gasteiger partial charge is 0.140 e. The van der Waals surface area contributed by atoms with E-state index in [9.17, 15) is 4.39 Å². The monoisotopic (exact) mass is 445 g/mol. The maximum Gasteiger partial charge on any atom is 0.140 e. The Morgan fingerprint density at radius 2 is 1.88 bits per heavy atom. The van der Waals surface area contributed by atoms with E-state index in [0.717, 1.165) is 22.4 Å². The van der Waals surface area contributed by atoms with Gasteiger partial charge in [-0.2, -0.15) is 0 Å². The maximum atomic E-state index is 13.4. The van der Waals surface area contributed by atoms with Gasteiger partial charge in [-0.1, -0.05) is 44.5 Å². The van der Waals surface area contributed by atoms with E-state index in [4.69, 9.17) is 5.73 Å². The second kappa shape index (κ2) is 11.5. The molecule has 0 fully saturated rings. The molecular formula is C25H28FN7. The van der Waals surface area contributed by atoms with E-state index in [1.54, 1.807) is 30.1 Å². The van der Waals surface area contributed by atoms with E-state index in [2.05, 4.69) is 39.1 Å². The Balaban J connectivity index is 0.000000968. The molecule has 0 spiro atoms. The zero-order valence-electron chi connectivity index (χ0n) is 19.0. The highest BCUT2D eigenvalue weighted by Crippen LogP contribution is 2.21. The van der Waals surface area contributed by atoms with Crippen molar-refractivity contribution in [3.63, 3.8) is 0 Å². The van der Waals surface area contributed by atoms with Crippen molar-refractivity contribution in [3.05, 3.63) is 84.3 Å². The normalized spacial score (nSPS) is 11.5. The summed E-state index contributed by atoms with van der Waals surface area (Å²) in [5.41, 5.74) is 10.6. The van der Waals surface area contributed by atoms with Crippen LogP contribution >= 0.6 is 0 Å². The summed E-state index contributed by atoms with van der Waals surface area (Å²) in [7, 11) is 1.71. The van der Waals surface area contributed by atoms with Crippen molar-refractivity contribution in [2.24, 2.45) is 10.7 Å². The van der Waals surface area contributed by atoms with Gasteiger partial charge in [-0.15, -0.1) is 0 Å². The van der Waals surface area contributed by atoms with Crippen molar-refractivity contribution in [1.29, 1.82) is 0 Å². The number of hydrogen-bond acceptors (Lipinski definition) is 6. The van der Waals surface area contributed by atoms with Crippen LogP contribution in [0.2, 0.25) is 0 Å². The Labute approximate surface area is 193 Å². The van der Waals surface area contributed by atoms with Crippen LogP contribution in [0.4, 0.5) is 10.2 Å². The molecule has 1 aromatic carbocycles. The lowest BCUT2D eigenvalue weighted by atomic mass is 10.1. The van der Waals surface area contributed by atoms with Crippen LogP contribution < -0.4 is 11.1 Å². The van der Waals surface area contributed by atoms with Crippen LogP contribution in [0, 0.1) is 5.82 Å². The number of allylic oxidation sites excluding steroid dienone is 1. The fourth-order valence-corrected chi connectivity index (χ4v) is 3.10. The van der Waals surface area contributed by atoms with Crippen molar-refractivity contribution in [2.45, 2.75) is 26.8 Å². The number of halogens is 1. The van der Waals surface area contributed by atoms with Gasteiger partial charge in [-0.3, -0.25) is 9.39 Å². The Morgan fingerprint density at radius 3 is 2.58 bits per heavy atom. The molecule has 3 N–H and O–H groups in total. The van der Waals surface area contributed by atoms with Crippen molar-refractivity contribution in [3.8, 4) is 11.4 Å². The highest BCUT2D eigenvalue weighted by molar-refractivity contribution is 6.09. The molecule has 8 heteroatoms. The summed E-state index contributed by atoms with van der Waals surface area (Å²) < 4.78 is 15.2. The number of nitrogens with one attached hydrogen (secondary N) is 1. The Bertz CT molecular complexity index is 1240.